The zero-order valence-electron chi connectivity index (χ0n) is 15.2. The van der Waals surface area contributed by atoms with Gasteiger partial charge >= 0.3 is 0 Å². The smallest absolute Gasteiger partial charge is 0.271 e. The standard InChI is InChI=1S/C19H21BrN4O4/c20-18-12-17(24(27)28)11-14(19(18)26)13-21-15-1-3-16(4-2-15)23-7-5-22(6-8-23)9-10-25/h1-4,11-13,25-26H,5-10H2. The van der Waals surface area contributed by atoms with Gasteiger partial charge in [0.15, 0.2) is 0 Å². The molecular weight excluding hydrogens is 428 g/mol. The first-order valence-electron chi connectivity index (χ1n) is 8.96. The Morgan fingerprint density at radius 3 is 2.54 bits per heavy atom. The Kier molecular flexibility index (Phi) is 6.61. The van der Waals surface area contributed by atoms with Gasteiger partial charge in [-0.15, -0.1) is 0 Å². The minimum atomic E-state index is -0.543. The number of quaternary nitrogens is 1. The molecule has 2 aromatic rings. The number of aliphatic hydroxyl groups excluding tert-OH is 1. The van der Waals surface area contributed by atoms with Crippen molar-refractivity contribution in [2.24, 2.45) is 4.99 Å². The van der Waals surface area contributed by atoms with Crippen LogP contribution >= 0.6 is 15.9 Å². The van der Waals surface area contributed by atoms with E-state index in [1.54, 1.807) is 0 Å². The first-order valence-corrected chi connectivity index (χ1v) is 9.75. The maximum atomic E-state index is 12.1. The minimum absolute atomic E-state index is 0.140. The van der Waals surface area contributed by atoms with Crippen molar-refractivity contribution in [2.75, 3.05) is 44.2 Å². The summed E-state index contributed by atoms with van der Waals surface area (Å²) >= 11 is 3.06. The van der Waals surface area contributed by atoms with Gasteiger partial charge in [-0.2, -0.15) is 0 Å². The number of halogens is 1. The van der Waals surface area contributed by atoms with Gasteiger partial charge in [-0.25, -0.2) is 0 Å². The molecule has 9 heteroatoms. The van der Waals surface area contributed by atoms with Crippen molar-refractivity contribution < 1.29 is 20.0 Å². The Morgan fingerprint density at radius 2 is 1.93 bits per heavy atom. The molecular formula is C19H21BrN4O4. The van der Waals surface area contributed by atoms with Crippen molar-refractivity contribution in [3.63, 3.8) is 0 Å². The summed E-state index contributed by atoms with van der Waals surface area (Å²) in [7, 11) is 0. The van der Waals surface area contributed by atoms with Crippen LogP contribution < -0.4 is 14.9 Å². The molecule has 1 saturated heterocycles. The maximum Gasteiger partial charge on any atom is 0.271 e. The predicted octanol–water partition coefficient (Wildman–Crippen LogP) is 0.879. The number of benzene rings is 2. The number of hydrogen-bond acceptors (Lipinski definition) is 6. The topological polar surface area (TPSA) is 106 Å². The van der Waals surface area contributed by atoms with Gasteiger partial charge in [-0.05, 0) is 29.8 Å². The van der Waals surface area contributed by atoms with Crippen molar-refractivity contribution >= 4 is 39.2 Å². The second-order valence-electron chi connectivity index (χ2n) is 6.59. The van der Waals surface area contributed by atoms with Gasteiger partial charge in [0.05, 0.1) is 43.4 Å². The van der Waals surface area contributed by atoms with Gasteiger partial charge in [-0.1, -0.05) is 21.7 Å². The van der Waals surface area contributed by atoms with E-state index in [1.807, 2.05) is 24.3 Å². The lowest BCUT2D eigenvalue weighted by molar-refractivity contribution is -0.900. The van der Waals surface area contributed by atoms with Crippen molar-refractivity contribution in [3.8, 4) is 5.75 Å². The number of non-ortho nitro benzene ring substituents is 1. The largest absolute Gasteiger partial charge is 0.871 e. The Labute approximate surface area is 171 Å². The lowest BCUT2D eigenvalue weighted by atomic mass is 10.2. The van der Waals surface area contributed by atoms with Crippen molar-refractivity contribution in [3.05, 3.63) is 56.5 Å². The summed E-state index contributed by atoms with van der Waals surface area (Å²) in [4.78, 5) is 18.4. The van der Waals surface area contributed by atoms with Crippen LogP contribution in [0.5, 0.6) is 5.75 Å². The van der Waals surface area contributed by atoms with Gasteiger partial charge in [0, 0.05) is 28.5 Å². The fourth-order valence-corrected chi connectivity index (χ4v) is 3.65. The van der Waals surface area contributed by atoms with Crippen molar-refractivity contribution in [1.82, 2.24) is 0 Å². The van der Waals surface area contributed by atoms with Crippen molar-refractivity contribution in [1.29, 1.82) is 0 Å². The zero-order valence-corrected chi connectivity index (χ0v) is 16.8. The van der Waals surface area contributed by atoms with Gasteiger partial charge < -0.3 is 20.0 Å². The molecule has 0 bridgehead atoms. The van der Waals surface area contributed by atoms with E-state index in [1.165, 1.54) is 23.2 Å². The Morgan fingerprint density at radius 1 is 1.25 bits per heavy atom. The second-order valence-corrected chi connectivity index (χ2v) is 7.44. The average Bonchev–Trinajstić information content (AvgIpc) is 2.70. The normalized spacial score (nSPS) is 15.3. The van der Waals surface area contributed by atoms with Crippen LogP contribution in [0.25, 0.3) is 0 Å². The number of nitrogens with one attached hydrogen (secondary N) is 1. The highest BCUT2D eigenvalue weighted by molar-refractivity contribution is 9.10. The van der Waals surface area contributed by atoms with Crippen LogP contribution in [-0.2, 0) is 0 Å². The number of nitro benzene ring substituents is 1. The fraction of sp³-hybridized carbons (Fsp3) is 0.316. The number of nitro groups is 1. The van der Waals surface area contributed by atoms with Crippen LogP contribution in [-0.4, -0.2) is 55.6 Å². The number of anilines is 1. The summed E-state index contributed by atoms with van der Waals surface area (Å²) in [5.74, 6) is -0.339. The Balaban J connectivity index is 1.69. The van der Waals surface area contributed by atoms with Gasteiger partial charge in [0.1, 0.15) is 6.54 Å². The summed E-state index contributed by atoms with van der Waals surface area (Å²) in [6.45, 7) is 4.85. The predicted molar refractivity (Wildman–Crippen MR) is 109 cm³/mol. The second kappa shape index (κ2) is 9.13. The molecule has 28 heavy (non-hydrogen) atoms. The number of piperazine rings is 1. The van der Waals surface area contributed by atoms with E-state index in [4.69, 9.17) is 5.11 Å². The number of aliphatic imine (C=N–C) groups is 1. The van der Waals surface area contributed by atoms with Crippen LogP contribution in [0.3, 0.4) is 0 Å². The highest BCUT2D eigenvalue weighted by Crippen LogP contribution is 2.30. The molecule has 148 valence electrons. The molecule has 0 amide bonds. The minimum Gasteiger partial charge on any atom is -0.871 e. The van der Waals surface area contributed by atoms with Crippen LogP contribution in [0.2, 0.25) is 0 Å². The molecule has 1 heterocycles. The van der Waals surface area contributed by atoms with E-state index in [0.717, 1.165) is 38.4 Å². The third-order valence-corrected chi connectivity index (χ3v) is 5.36. The van der Waals surface area contributed by atoms with Gasteiger partial charge in [0.2, 0.25) is 0 Å². The summed E-state index contributed by atoms with van der Waals surface area (Å²) in [6.07, 6.45) is 1.35. The average molecular weight is 449 g/mol. The number of hydrogen-bond donors (Lipinski definition) is 2. The molecule has 0 radical (unpaired) electrons. The van der Waals surface area contributed by atoms with E-state index in [-0.39, 0.29) is 28.1 Å². The lowest BCUT2D eigenvalue weighted by Gasteiger charge is -2.33. The SMILES string of the molecule is O=[N+]([O-])c1cc(Br)c([O-])c(C=Nc2ccc(N3CC[NH+](CCO)CC3)cc2)c1. The van der Waals surface area contributed by atoms with E-state index >= 15 is 0 Å². The zero-order chi connectivity index (χ0) is 20.1. The Bertz CT molecular complexity index is 865. The summed E-state index contributed by atoms with van der Waals surface area (Å²) < 4.78 is 0.140. The quantitative estimate of drug-likeness (QED) is 0.387. The third-order valence-electron chi connectivity index (χ3n) is 4.77. The summed E-state index contributed by atoms with van der Waals surface area (Å²) in [5.41, 5.74) is 1.76. The van der Waals surface area contributed by atoms with Gasteiger partial charge in [-0.3, -0.25) is 15.1 Å². The molecule has 1 aliphatic heterocycles. The third kappa shape index (κ3) is 4.86. The van der Waals surface area contributed by atoms with E-state index in [0.29, 0.717) is 5.69 Å². The van der Waals surface area contributed by atoms with Crippen LogP contribution in [0.4, 0.5) is 17.1 Å². The number of nitrogens with zero attached hydrogens (tertiary/aromatic N) is 3. The first kappa shape index (κ1) is 20.2. The summed E-state index contributed by atoms with van der Waals surface area (Å²) in [5, 5.41) is 32.1. The fourth-order valence-electron chi connectivity index (χ4n) is 3.18. The van der Waals surface area contributed by atoms with Crippen LogP contribution in [0.1, 0.15) is 5.56 Å². The van der Waals surface area contributed by atoms with Gasteiger partial charge in [0.25, 0.3) is 5.69 Å². The van der Waals surface area contributed by atoms with E-state index in [2.05, 4.69) is 25.8 Å². The van der Waals surface area contributed by atoms with Crippen molar-refractivity contribution in [2.45, 2.75) is 0 Å². The number of rotatable bonds is 6. The lowest BCUT2D eigenvalue weighted by Crippen LogP contribution is -3.15. The molecule has 1 fully saturated rings. The molecule has 0 saturated carbocycles. The monoisotopic (exact) mass is 448 g/mol. The molecule has 0 aliphatic carbocycles. The molecule has 3 rings (SSSR count). The molecule has 0 unspecified atom stereocenters. The molecule has 2 aromatic carbocycles. The maximum absolute atomic E-state index is 12.1. The van der Waals surface area contributed by atoms with Crippen LogP contribution in [0, 0.1) is 10.1 Å². The number of aliphatic hydroxyl groups is 1. The highest BCUT2D eigenvalue weighted by Gasteiger charge is 2.19. The highest BCUT2D eigenvalue weighted by atomic mass is 79.9. The molecule has 0 atom stereocenters. The molecule has 8 nitrogen and oxygen atoms in total. The molecule has 0 spiro atoms. The summed E-state index contributed by atoms with van der Waals surface area (Å²) in [6, 6.07) is 10.1. The molecule has 1 aliphatic rings. The Hall–Kier alpha value is -2.49. The van der Waals surface area contributed by atoms with Crippen LogP contribution in [0.15, 0.2) is 45.9 Å². The molecule has 2 N–H and O–H groups in total. The van der Waals surface area contributed by atoms with E-state index < -0.39 is 4.92 Å². The molecule has 0 aromatic heterocycles. The first-order chi connectivity index (χ1) is 13.5. The van der Waals surface area contributed by atoms with E-state index in [9.17, 15) is 15.2 Å².